The highest BCUT2D eigenvalue weighted by molar-refractivity contribution is 5.92. The fourth-order valence-electron chi connectivity index (χ4n) is 1.72. The van der Waals surface area contributed by atoms with Crippen molar-refractivity contribution in [3.05, 3.63) is 36.5 Å². The molecule has 2 heterocycles. The third kappa shape index (κ3) is 1.61. The average molecular weight is 226 g/mol. The number of aromatic nitrogens is 3. The van der Waals surface area contributed by atoms with Gasteiger partial charge in [-0.15, -0.1) is 0 Å². The smallest absolute Gasteiger partial charge is 0.321 e. The molecule has 84 valence electrons. The molecule has 2 aromatic heterocycles. The predicted octanol–water partition coefficient (Wildman–Crippen LogP) is 2.33. The summed E-state index contributed by atoms with van der Waals surface area (Å²) in [4.78, 5) is 8.51. The molecular formula is C12H10N4O. The summed E-state index contributed by atoms with van der Waals surface area (Å²) in [7, 11) is 1.73. The highest BCUT2D eigenvalue weighted by atomic mass is 16.5. The van der Waals surface area contributed by atoms with E-state index in [0.29, 0.717) is 11.8 Å². The van der Waals surface area contributed by atoms with Crippen LogP contribution in [0.4, 0.5) is 6.01 Å². The molecule has 3 aromatic rings. The third-order valence-corrected chi connectivity index (χ3v) is 2.53. The Bertz CT molecular complexity index is 657. The van der Waals surface area contributed by atoms with Gasteiger partial charge < -0.3 is 9.84 Å². The summed E-state index contributed by atoms with van der Waals surface area (Å²) in [5.41, 5.74) is 0.730. The van der Waals surface area contributed by atoms with E-state index in [2.05, 4.69) is 20.4 Å². The van der Waals surface area contributed by atoms with Crippen molar-refractivity contribution in [2.75, 3.05) is 12.4 Å². The van der Waals surface area contributed by atoms with Gasteiger partial charge in [0.2, 0.25) is 5.82 Å². The number of nitrogens with zero attached hydrogens (tertiary/aromatic N) is 3. The van der Waals surface area contributed by atoms with E-state index in [0.717, 1.165) is 16.5 Å². The molecule has 0 spiro atoms. The Hall–Kier alpha value is -2.43. The molecular weight excluding hydrogens is 216 g/mol. The van der Waals surface area contributed by atoms with Gasteiger partial charge in [-0.1, -0.05) is 29.4 Å². The standard InChI is InChI=1S/C12H10N4O/c1-13-12-15-11(16-17-12)10-9-5-3-2-4-8(9)6-7-14-10/h2-7H,1H3,(H,13,15,16). The van der Waals surface area contributed by atoms with Gasteiger partial charge in [0.1, 0.15) is 5.69 Å². The number of hydrogen-bond acceptors (Lipinski definition) is 5. The minimum Gasteiger partial charge on any atom is -0.341 e. The lowest BCUT2D eigenvalue weighted by molar-refractivity contribution is 0.434. The number of pyridine rings is 1. The molecule has 0 fully saturated rings. The van der Waals surface area contributed by atoms with E-state index in [-0.39, 0.29) is 0 Å². The molecule has 1 aromatic carbocycles. The second-order valence-electron chi connectivity index (χ2n) is 3.55. The van der Waals surface area contributed by atoms with Crippen LogP contribution < -0.4 is 5.32 Å². The van der Waals surface area contributed by atoms with Crippen LogP contribution in [0.3, 0.4) is 0 Å². The lowest BCUT2D eigenvalue weighted by Crippen LogP contribution is -1.89. The Morgan fingerprint density at radius 3 is 2.88 bits per heavy atom. The van der Waals surface area contributed by atoms with Crippen molar-refractivity contribution < 1.29 is 4.52 Å². The molecule has 0 aliphatic carbocycles. The Morgan fingerprint density at radius 2 is 2.06 bits per heavy atom. The van der Waals surface area contributed by atoms with Crippen molar-refractivity contribution >= 4 is 16.8 Å². The first-order valence-corrected chi connectivity index (χ1v) is 5.24. The second kappa shape index (κ2) is 3.86. The van der Waals surface area contributed by atoms with Gasteiger partial charge in [0.05, 0.1) is 0 Å². The van der Waals surface area contributed by atoms with Gasteiger partial charge in [0.25, 0.3) is 0 Å². The Kier molecular flexibility index (Phi) is 2.22. The molecule has 0 aliphatic heterocycles. The molecule has 0 bridgehead atoms. The number of anilines is 1. The van der Waals surface area contributed by atoms with Gasteiger partial charge in [-0.05, 0) is 11.5 Å². The van der Waals surface area contributed by atoms with Crippen LogP contribution in [0.2, 0.25) is 0 Å². The van der Waals surface area contributed by atoms with Gasteiger partial charge in [0, 0.05) is 18.6 Å². The van der Waals surface area contributed by atoms with Crippen LogP contribution in [0.25, 0.3) is 22.3 Å². The van der Waals surface area contributed by atoms with Crippen molar-refractivity contribution in [2.45, 2.75) is 0 Å². The molecule has 5 nitrogen and oxygen atoms in total. The van der Waals surface area contributed by atoms with Crippen molar-refractivity contribution in [2.24, 2.45) is 0 Å². The van der Waals surface area contributed by atoms with Crippen LogP contribution >= 0.6 is 0 Å². The van der Waals surface area contributed by atoms with Gasteiger partial charge in [-0.3, -0.25) is 4.98 Å². The summed E-state index contributed by atoms with van der Waals surface area (Å²) < 4.78 is 5.00. The maximum atomic E-state index is 5.00. The number of rotatable bonds is 2. The van der Waals surface area contributed by atoms with Crippen molar-refractivity contribution in [3.8, 4) is 11.5 Å². The fourth-order valence-corrected chi connectivity index (χ4v) is 1.72. The minimum absolute atomic E-state index is 0.384. The Morgan fingerprint density at radius 1 is 1.18 bits per heavy atom. The van der Waals surface area contributed by atoms with Gasteiger partial charge in [0.15, 0.2) is 0 Å². The maximum Gasteiger partial charge on any atom is 0.321 e. The van der Waals surface area contributed by atoms with Crippen molar-refractivity contribution in [1.29, 1.82) is 0 Å². The molecule has 17 heavy (non-hydrogen) atoms. The maximum absolute atomic E-state index is 5.00. The summed E-state index contributed by atoms with van der Waals surface area (Å²) >= 11 is 0. The summed E-state index contributed by atoms with van der Waals surface area (Å²) in [6.07, 6.45) is 1.74. The third-order valence-electron chi connectivity index (χ3n) is 2.53. The Balaban J connectivity index is 2.23. The highest BCUT2D eigenvalue weighted by Crippen LogP contribution is 2.24. The zero-order chi connectivity index (χ0) is 11.7. The lowest BCUT2D eigenvalue weighted by Gasteiger charge is -2.00. The molecule has 0 saturated heterocycles. The van der Waals surface area contributed by atoms with Crippen LogP contribution in [0, 0.1) is 0 Å². The minimum atomic E-state index is 0.384. The normalized spacial score (nSPS) is 10.6. The largest absolute Gasteiger partial charge is 0.341 e. The van der Waals surface area contributed by atoms with E-state index in [1.807, 2.05) is 30.3 Å². The Labute approximate surface area is 97.5 Å². The molecule has 1 N–H and O–H groups in total. The molecule has 0 atom stereocenters. The van der Waals surface area contributed by atoms with Crippen LogP contribution in [0.15, 0.2) is 41.1 Å². The number of hydrogen-bond donors (Lipinski definition) is 1. The summed E-state index contributed by atoms with van der Waals surface area (Å²) in [5, 5.41) is 8.81. The van der Waals surface area contributed by atoms with Gasteiger partial charge in [-0.25, -0.2) is 0 Å². The highest BCUT2D eigenvalue weighted by Gasteiger charge is 2.11. The zero-order valence-electron chi connectivity index (χ0n) is 9.21. The number of fused-ring (bicyclic) bond motifs is 1. The van der Waals surface area contributed by atoms with Crippen LogP contribution in [0.5, 0.6) is 0 Å². The van der Waals surface area contributed by atoms with E-state index >= 15 is 0 Å². The molecule has 0 unspecified atom stereocenters. The molecule has 5 heteroatoms. The first kappa shape index (κ1) is 9.77. The first-order valence-electron chi connectivity index (χ1n) is 5.24. The molecule has 3 rings (SSSR count). The number of benzene rings is 1. The molecule has 0 saturated carbocycles. The average Bonchev–Trinajstić information content (AvgIpc) is 2.87. The number of nitrogens with one attached hydrogen (secondary N) is 1. The van der Waals surface area contributed by atoms with E-state index in [1.54, 1.807) is 13.2 Å². The molecule has 0 radical (unpaired) electrons. The second-order valence-corrected chi connectivity index (χ2v) is 3.55. The van der Waals surface area contributed by atoms with Crippen LogP contribution in [0.1, 0.15) is 0 Å². The first-order chi connectivity index (χ1) is 8.38. The fraction of sp³-hybridized carbons (Fsp3) is 0.0833. The van der Waals surface area contributed by atoms with Crippen molar-refractivity contribution in [1.82, 2.24) is 15.1 Å². The zero-order valence-corrected chi connectivity index (χ0v) is 9.21. The lowest BCUT2D eigenvalue weighted by atomic mass is 10.1. The monoisotopic (exact) mass is 226 g/mol. The molecule has 0 aliphatic rings. The summed E-state index contributed by atoms with van der Waals surface area (Å²) in [6.45, 7) is 0. The molecule has 0 amide bonds. The topological polar surface area (TPSA) is 63.8 Å². The van der Waals surface area contributed by atoms with E-state index in [1.165, 1.54) is 0 Å². The predicted molar refractivity (Wildman–Crippen MR) is 64.6 cm³/mol. The van der Waals surface area contributed by atoms with Crippen LogP contribution in [-0.4, -0.2) is 22.2 Å². The quantitative estimate of drug-likeness (QED) is 0.726. The van der Waals surface area contributed by atoms with E-state index < -0.39 is 0 Å². The van der Waals surface area contributed by atoms with Gasteiger partial charge >= 0.3 is 6.01 Å². The van der Waals surface area contributed by atoms with E-state index in [9.17, 15) is 0 Å². The summed E-state index contributed by atoms with van der Waals surface area (Å²) in [5.74, 6) is 0.492. The van der Waals surface area contributed by atoms with Crippen molar-refractivity contribution in [3.63, 3.8) is 0 Å². The van der Waals surface area contributed by atoms with Crippen LogP contribution in [-0.2, 0) is 0 Å². The SMILES string of the molecule is CNc1nc(-c2nccc3ccccc23)no1. The summed E-state index contributed by atoms with van der Waals surface area (Å²) in [6, 6.07) is 10.3. The van der Waals surface area contributed by atoms with E-state index in [4.69, 9.17) is 4.52 Å². The van der Waals surface area contributed by atoms with Gasteiger partial charge in [-0.2, -0.15) is 4.98 Å².